The van der Waals surface area contributed by atoms with E-state index in [2.05, 4.69) is 15.0 Å². The summed E-state index contributed by atoms with van der Waals surface area (Å²) in [5.74, 6) is -2.02. The fourth-order valence-corrected chi connectivity index (χ4v) is 3.90. The molecule has 1 fully saturated rings. The van der Waals surface area contributed by atoms with E-state index in [-0.39, 0.29) is 31.3 Å². The molecule has 0 aliphatic carbocycles. The molecule has 1 aliphatic rings. The summed E-state index contributed by atoms with van der Waals surface area (Å²) in [5, 5.41) is 2.78. The van der Waals surface area contributed by atoms with Gasteiger partial charge in [0.25, 0.3) is 6.10 Å². The molecule has 1 aromatic carbocycles. The Balaban J connectivity index is 1.92. The first-order valence-electron chi connectivity index (χ1n) is 12.5. The lowest BCUT2D eigenvalue weighted by molar-refractivity contribution is -0.314. The third kappa shape index (κ3) is 8.58. The van der Waals surface area contributed by atoms with Crippen LogP contribution >= 0.6 is 0 Å². The quantitative estimate of drug-likeness (QED) is 0.345. The number of halogens is 6. The second-order valence-electron chi connectivity index (χ2n) is 10.9. The van der Waals surface area contributed by atoms with Crippen LogP contribution in [0.4, 0.5) is 26.3 Å². The predicted octanol–water partition coefficient (Wildman–Crippen LogP) is 4.65. The van der Waals surface area contributed by atoms with Gasteiger partial charge in [-0.2, -0.15) is 26.3 Å². The normalized spacial score (nSPS) is 17.4. The van der Waals surface area contributed by atoms with E-state index in [0.29, 0.717) is 17.7 Å². The smallest absolute Gasteiger partial charge is 0.434 e. The largest absolute Gasteiger partial charge is 0.476 e. The van der Waals surface area contributed by atoms with Crippen molar-refractivity contribution in [1.82, 2.24) is 15.2 Å². The standard InChI is InChI=1S/C26H31F6N3O6/c1-23(2,3)41-22(37)24(4,5)40-18-12-15(19-34-9-11-38-19)6-7-16(18)14-35-10-8-33-13-17(35)20(36)39-21(25(27,28)29)26(30,31)32/h6-7,9,11-12,17,21,33H,8,10,13-14H2,1-5H3. The number of nitrogens with zero attached hydrogens (tertiary/aromatic N) is 2. The van der Waals surface area contributed by atoms with Crippen molar-refractivity contribution < 1.29 is 54.6 Å². The average molecular weight is 596 g/mol. The first-order valence-corrected chi connectivity index (χ1v) is 12.5. The van der Waals surface area contributed by atoms with Crippen molar-refractivity contribution in [2.45, 2.75) is 76.9 Å². The van der Waals surface area contributed by atoms with Crippen LogP contribution < -0.4 is 10.1 Å². The van der Waals surface area contributed by atoms with Gasteiger partial charge in [-0.15, -0.1) is 0 Å². The molecule has 2 heterocycles. The molecule has 0 amide bonds. The molecule has 1 unspecified atom stereocenters. The van der Waals surface area contributed by atoms with E-state index in [1.165, 1.54) is 37.3 Å². The highest BCUT2D eigenvalue weighted by Gasteiger charge is 2.60. The van der Waals surface area contributed by atoms with Gasteiger partial charge in [0.05, 0.1) is 6.20 Å². The second-order valence-corrected chi connectivity index (χ2v) is 10.9. The summed E-state index contributed by atoms with van der Waals surface area (Å²) in [4.78, 5) is 30.9. The first-order chi connectivity index (χ1) is 18.8. The van der Waals surface area contributed by atoms with Gasteiger partial charge in [0.15, 0.2) is 5.60 Å². The highest BCUT2D eigenvalue weighted by atomic mass is 19.4. The van der Waals surface area contributed by atoms with Crippen LogP contribution in [0.2, 0.25) is 0 Å². The number of esters is 2. The molecule has 2 aromatic rings. The summed E-state index contributed by atoms with van der Waals surface area (Å²) < 4.78 is 99.0. The minimum atomic E-state index is -5.84. The van der Waals surface area contributed by atoms with Gasteiger partial charge >= 0.3 is 24.3 Å². The maximum absolute atomic E-state index is 13.0. The van der Waals surface area contributed by atoms with Crippen molar-refractivity contribution in [2.75, 3.05) is 19.6 Å². The third-order valence-corrected chi connectivity index (χ3v) is 5.83. The zero-order valence-electron chi connectivity index (χ0n) is 23.0. The lowest BCUT2D eigenvalue weighted by Gasteiger charge is -2.36. The number of oxazole rings is 1. The molecular formula is C26H31F6N3O6. The van der Waals surface area contributed by atoms with Crippen LogP contribution in [0.3, 0.4) is 0 Å². The van der Waals surface area contributed by atoms with Gasteiger partial charge in [0.1, 0.15) is 23.7 Å². The number of rotatable bonds is 8. The summed E-state index contributed by atoms with van der Waals surface area (Å²) in [5.41, 5.74) is -1.51. The molecule has 0 radical (unpaired) electrons. The van der Waals surface area contributed by atoms with Gasteiger partial charge in [-0.25, -0.2) is 9.78 Å². The molecule has 41 heavy (non-hydrogen) atoms. The molecule has 1 aliphatic heterocycles. The van der Waals surface area contributed by atoms with Crippen molar-refractivity contribution in [3.63, 3.8) is 0 Å². The van der Waals surface area contributed by atoms with Crippen LogP contribution in [0.25, 0.3) is 11.5 Å². The first kappa shape index (κ1) is 32.2. The van der Waals surface area contributed by atoms with E-state index in [1.54, 1.807) is 32.9 Å². The zero-order valence-corrected chi connectivity index (χ0v) is 23.0. The van der Waals surface area contributed by atoms with Crippen LogP contribution in [0.1, 0.15) is 40.2 Å². The average Bonchev–Trinajstić information content (AvgIpc) is 3.36. The topological polar surface area (TPSA) is 103 Å². The van der Waals surface area contributed by atoms with Crippen LogP contribution in [0.5, 0.6) is 5.75 Å². The van der Waals surface area contributed by atoms with Crippen LogP contribution in [-0.4, -0.2) is 77.2 Å². The van der Waals surface area contributed by atoms with Crippen molar-refractivity contribution in [3.8, 4) is 17.2 Å². The number of piperazine rings is 1. The maximum Gasteiger partial charge on any atom is 0.434 e. The molecule has 3 rings (SSSR count). The fraction of sp³-hybridized carbons (Fsp3) is 0.577. The van der Waals surface area contributed by atoms with Crippen molar-refractivity contribution >= 4 is 11.9 Å². The van der Waals surface area contributed by atoms with E-state index in [4.69, 9.17) is 13.9 Å². The van der Waals surface area contributed by atoms with E-state index in [1.807, 2.05) is 0 Å². The van der Waals surface area contributed by atoms with Crippen molar-refractivity contribution in [3.05, 3.63) is 36.2 Å². The van der Waals surface area contributed by atoms with E-state index in [9.17, 15) is 35.9 Å². The Morgan fingerprint density at radius 2 is 1.76 bits per heavy atom. The highest BCUT2D eigenvalue weighted by Crippen LogP contribution is 2.37. The second kappa shape index (κ2) is 11.9. The molecule has 0 bridgehead atoms. The molecule has 15 heteroatoms. The van der Waals surface area contributed by atoms with Gasteiger partial charge < -0.3 is 23.9 Å². The Bertz CT molecular complexity index is 1190. The van der Waals surface area contributed by atoms with Gasteiger partial charge in [0, 0.05) is 37.3 Å². The molecule has 1 aromatic heterocycles. The fourth-order valence-electron chi connectivity index (χ4n) is 3.90. The molecule has 1 saturated heterocycles. The number of carbonyl (C=O) groups excluding carboxylic acids is 2. The molecule has 1 N–H and O–H groups in total. The molecular weight excluding hydrogens is 564 g/mol. The highest BCUT2D eigenvalue weighted by molar-refractivity contribution is 5.79. The number of benzene rings is 1. The summed E-state index contributed by atoms with van der Waals surface area (Å²) in [7, 11) is 0. The van der Waals surface area contributed by atoms with E-state index < -0.39 is 47.6 Å². The monoisotopic (exact) mass is 595 g/mol. The van der Waals surface area contributed by atoms with E-state index >= 15 is 0 Å². The Hall–Kier alpha value is -3.33. The number of hydrogen-bond donors (Lipinski definition) is 1. The van der Waals surface area contributed by atoms with Gasteiger partial charge in [-0.05, 0) is 46.8 Å². The zero-order chi connectivity index (χ0) is 30.8. The third-order valence-electron chi connectivity index (χ3n) is 5.83. The van der Waals surface area contributed by atoms with Crippen molar-refractivity contribution in [1.29, 1.82) is 0 Å². The minimum Gasteiger partial charge on any atom is -0.476 e. The van der Waals surface area contributed by atoms with Crippen LogP contribution in [0, 0.1) is 0 Å². The number of carbonyl (C=O) groups is 2. The molecule has 9 nitrogen and oxygen atoms in total. The summed E-state index contributed by atoms with van der Waals surface area (Å²) in [6.45, 7) is 7.97. The van der Waals surface area contributed by atoms with Crippen molar-refractivity contribution in [2.24, 2.45) is 0 Å². The maximum atomic E-state index is 13.0. The Kier molecular flexibility index (Phi) is 9.33. The number of alkyl halides is 6. The molecule has 0 spiro atoms. The predicted molar refractivity (Wildman–Crippen MR) is 132 cm³/mol. The summed E-state index contributed by atoms with van der Waals surface area (Å²) >= 11 is 0. The number of ether oxygens (including phenoxy) is 3. The summed E-state index contributed by atoms with van der Waals surface area (Å²) in [6, 6.07) is 3.21. The van der Waals surface area contributed by atoms with Crippen LogP contribution in [-0.2, 0) is 25.6 Å². The van der Waals surface area contributed by atoms with Crippen LogP contribution in [0.15, 0.2) is 35.1 Å². The molecule has 228 valence electrons. The Labute approximate surface area is 232 Å². The lowest BCUT2D eigenvalue weighted by Crippen LogP contribution is -2.57. The Morgan fingerprint density at radius 3 is 2.32 bits per heavy atom. The number of aromatic nitrogens is 1. The van der Waals surface area contributed by atoms with Gasteiger partial charge in [-0.1, -0.05) is 6.07 Å². The van der Waals surface area contributed by atoms with E-state index in [0.717, 1.165) is 0 Å². The van der Waals surface area contributed by atoms with Gasteiger partial charge in [-0.3, -0.25) is 9.69 Å². The summed E-state index contributed by atoms with van der Waals surface area (Å²) in [6.07, 6.45) is -13.2. The SMILES string of the molecule is CC(C)(C)OC(=O)C(C)(C)Oc1cc(-c2ncco2)ccc1CN1CCNCC1C(=O)OC(C(F)(F)F)C(F)(F)F. The molecule has 0 saturated carbocycles. The lowest BCUT2D eigenvalue weighted by atomic mass is 10.1. The Morgan fingerprint density at radius 1 is 1.10 bits per heavy atom. The number of nitrogens with one attached hydrogen (secondary N) is 1. The molecule has 1 atom stereocenters. The minimum absolute atomic E-state index is 0.0822. The van der Waals surface area contributed by atoms with Gasteiger partial charge in [0.2, 0.25) is 5.89 Å². The number of hydrogen-bond acceptors (Lipinski definition) is 9.